The van der Waals surface area contributed by atoms with Crippen LogP contribution in [0.4, 0.5) is 0 Å². The molecule has 0 unspecified atom stereocenters. The quantitative estimate of drug-likeness (QED) is 0.769. The van der Waals surface area contributed by atoms with E-state index in [0.29, 0.717) is 17.7 Å². The molecule has 1 atom stereocenters. The first-order chi connectivity index (χ1) is 12.2. The van der Waals surface area contributed by atoms with Crippen LogP contribution in [0, 0.1) is 6.92 Å². The van der Waals surface area contributed by atoms with Crippen LogP contribution < -0.4 is 4.74 Å². The molecular weight excluding hydrogens is 316 g/mol. The molecule has 25 heavy (non-hydrogen) atoms. The third kappa shape index (κ3) is 5.08. The molecule has 2 aromatic rings. The zero-order valence-electron chi connectivity index (χ0n) is 14.8. The normalized spacial score (nSPS) is 17.5. The molecule has 0 bridgehead atoms. The smallest absolute Gasteiger partial charge is 0.260 e. The van der Waals surface area contributed by atoms with Crippen molar-refractivity contribution in [2.24, 2.45) is 0 Å². The molecule has 0 saturated carbocycles. The summed E-state index contributed by atoms with van der Waals surface area (Å²) in [5, 5.41) is 3.77. The molecule has 0 spiro atoms. The summed E-state index contributed by atoms with van der Waals surface area (Å²) < 4.78 is 10.4. The van der Waals surface area contributed by atoms with E-state index in [1.165, 1.54) is 12.0 Å². The van der Waals surface area contributed by atoms with Crippen molar-refractivity contribution in [3.63, 3.8) is 0 Å². The van der Waals surface area contributed by atoms with Gasteiger partial charge in [0.15, 0.2) is 6.61 Å². The maximum atomic E-state index is 12.6. The van der Waals surface area contributed by atoms with Gasteiger partial charge < -0.3 is 14.2 Å². The Morgan fingerprint density at radius 1 is 1.32 bits per heavy atom. The van der Waals surface area contributed by atoms with Crippen LogP contribution in [0.5, 0.6) is 5.88 Å². The number of nitrogens with zero attached hydrogens (tertiary/aromatic N) is 2. The Kier molecular flexibility index (Phi) is 6.09. The van der Waals surface area contributed by atoms with Crippen LogP contribution >= 0.6 is 0 Å². The molecule has 1 aliphatic heterocycles. The van der Waals surface area contributed by atoms with Crippen molar-refractivity contribution in [3.8, 4) is 5.88 Å². The van der Waals surface area contributed by atoms with E-state index in [1.807, 2.05) is 11.0 Å². The van der Waals surface area contributed by atoms with Gasteiger partial charge in [-0.25, -0.2) is 0 Å². The topological polar surface area (TPSA) is 55.6 Å². The highest BCUT2D eigenvalue weighted by atomic mass is 16.5. The van der Waals surface area contributed by atoms with Gasteiger partial charge in [-0.15, -0.1) is 0 Å². The summed E-state index contributed by atoms with van der Waals surface area (Å²) in [5.74, 6) is 1.10. The monoisotopic (exact) mass is 342 g/mol. The molecule has 1 aliphatic rings. The summed E-state index contributed by atoms with van der Waals surface area (Å²) in [4.78, 5) is 14.6. The second kappa shape index (κ2) is 8.70. The predicted molar refractivity (Wildman–Crippen MR) is 95.5 cm³/mol. The van der Waals surface area contributed by atoms with E-state index in [1.54, 1.807) is 13.0 Å². The van der Waals surface area contributed by atoms with Gasteiger partial charge in [0.25, 0.3) is 11.8 Å². The number of amides is 1. The maximum Gasteiger partial charge on any atom is 0.260 e. The Labute approximate surface area is 148 Å². The summed E-state index contributed by atoms with van der Waals surface area (Å²) in [7, 11) is 0. The van der Waals surface area contributed by atoms with E-state index in [9.17, 15) is 4.79 Å². The highest BCUT2D eigenvalue weighted by molar-refractivity contribution is 5.78. The highest BCUT2D eigenvalue weighted by Crippen LogP contribution is 2.22. The molecule has 0 radical (unpaired) electrons. The number of aromatic nitrogens is 1. The molecule has 1 fully saturated rings. The first-order valence-corrected chi connectivity index (χ1v) is 9.12. The molecule has 1 amide bonds. The Bertz CT molecular complexity index is 669. The average Bonchev–Trinajstić information content (AvgIpc) is 3.06. The van der Waals surface area contributed by atoms with Crippen LogP contribution in [-0.2, 0) is 11.2 Å². The second-order valence-electron chi connectivity index (χ2n) is 6.68. The van der Waals surface area contributed by atoms with Crippen molar-refractivity contribution in [2.75, 3.05) is 13.2 Å². The molecule has 1 aromatic carbocycles. The minimum atomic E-state index is 0.0289. The third-order valence-corrected chi connectivity index (χ3v) is 4.74. The van der Waals surface area contributed by atoms with Crippen LogP contribution in [0.2, 0.25) is 0 Å². The van der Waals surface area contributed by atoms with Crippen LogP contribution in [0.25, 0.3) is 0 Å². The fourth-order valence-corrected chi connectivity index (χ4v) is 3.45. The summed E-state index contributed by atoms with van der Waals surface area (Å²) in [6.07, 6.45) is 6.57. The van der Waals surface area contributed by atoms with Gasteiger partial charge in [0.1, 0.15) is 5.76 Å². The van der Waals surface area contributed by atoms with Gasteiger partial charge in [-0.2, -0.15) is 0 Å². The number of likely N-dealkylation sites (tertiary alicyclic amines) is 1. The van der Waals surface area contributed by atoms with Gasteiger partial charge in [-0.05, 0) is 56.2 Å². The lowest BCUT2D eigenvalue weighted by Crippen LogP contribution is -2.45. The molecular formula is C20H26N2O3. The third-order valence-electron chi connectivity index (χ3n) is 4.74. The van der Waals surface area contributed by atoms with Gasteiger partial charge in [-0.3, -0.25) is 4.79 Å². The van der Waals surface area contributed by atoms with Crippen LogP contribution in [0.15, 0.2) is 40.9 Å². The highest BCUT2D eigenvalue weighted by Gasteiger charge is 2.26. The summed E-state index contributed by atoms with van der Waals surface area (Å²) in [6, 6.07) is 12.5. The molecule has 5 nitrogen and oxygen atoms in total. The molecule has 0 N–H and O–H groups in total. The Hall–Kier alpha value is -2.30. The van der Waals surface area contributed by atoms with E-state index in [4.69, 9.17) is 9.26 Å². The Morgan fingerprint density at radius 2 is 2.16 bits per heavy atom. The van der Waals surface area contributed by atoms with Gasteiger partial charge in [0, 0.05) is 18.7 Å². The summed E-state index contributed by atoms with van der Waals surface area (Å²) >= 11 is 0. The lowest BCUT2D eigenvalue weighted by atomic mass is 9.96. The van der Waals surface area contributed by atoms with E-state index in [2.05, 4.69) is 29.4 Å². The number of piperidine rings is 1. The van der Waals surface area contributed by atoms with Crippen molar-refractivity contribution in [1.82, 2.24) is 10.1 Å². The minimum absolute atomic E-state index is 0.0289. The summed E-state index contributed by atoms with van der Waals surface area (Å²) in [6.45, 7) is 2.66. The number of aryl methyl sites for hydroxylation is 2. The first kappa shape index (κ1) is 17.5. The average molecular weight is 342 g/mol. The number of hydrogen-bond acceptors (Lipinski definition) is 4. The molecule has 0 aliphatic carbocycles. The zero-order valence-corrected chi connectivity index (χ0v) is 14.8. The minimum Gasteiger partial charge on any atom is -0.465 e. The SMILES string of the molecule is Cc1cc(OCC(=O)N2CCCC[C@H]2CCCc2ccccc2)no1. The maximum absolute atomic E-state index is 12.6. The molecule has 5 heteroatoms. The molecule has 1 saturated heterocycles. The standard InChI is InChI=1S/C20H26N2O3/c1-16-14-19(21-25-16)24-15-20(23)22-13-6-5-11-18(22)12-7-10-17-8-3-2-4-9-17/h2-4,8-9,14,18H,5-7,10-13,15H2,1H3/t18-/m0/s1. The Balaban J connectivity index is 1.48. The van der Waals surface area contributed by atoms with Crippen LogP contribution in [-0.4, -0.2) is 35.2 Å². The number of benzene rings is 1. The van der Waals surface area contributed by atoms with Gasteiger partial charge >= 0.3 is 0 Å². The zero-order chi connectivity index (χ0) is 17.5. The first-order valence-electron chi connectivity index (χ1n) is 9.12. The fourth-order valence-electron chi connectivity index (χ4n) is 3.45. The number of ether oxygens (including phenoxy) is 1. The molecule has 3 rings (SSSR count). The van der Waals surface area contributed by atoms with E-state index in [-0.39, 0.29) is 12.5 Å². The van der Waals surface area contributed by atoms with Gasteiger partial charge in [-0.1, -0.05) is 30.3 Å². The lowest BCUT2D eigenvalue weighted by molar-refractivity contribution is -0.137. The molecule has 1 aromatic heterocycles. The van der Waals surface area contributed by atoms with Crippen molar-refractivity contribution in [2.45, 2.75) is 51.5 Å². The predicted octanol–water partition coefficient (Wildman–Crippen LogP) is 3.77. The number of carbonyl (C=O) groups is 1. The second-order valence-corrected chi connectivity index (χ2v) is 6.68. The van der Waals surface area contributed by atoms with Crippen molar-refractivity contribution < 1.29 is 14.1 Å². The number of rotatable bonds is 7. The van der Waals surface area contributed by atoms with Crippen molar-refractivity contribution in [1.29, 1.82) is 0 Å². The van der Waals surface area contributed by atoms with E-state index >= 15 is 0 Å². The largest absolute Gasteiger partial charge is 0.465 e. The van der Waals surface area contributed by atoms with E-state index < -0.39 is 0 Å². The van der Waals surface area contributed by atoms with Crippen LogP contribution in [0.1, 0.15) is 43.4 Å². The fraction of sp³-hybridized carbons (Fsp3) is 0.500. The van der Waals surface area contributed by atoms with Gasteiger partial charge in [0.2, 0.25) is 0 Å². The molecule has 2 heterocycles. The summed E-state index contributed by atoms with van der Waals surface area (Å²) in [5.41, 5.74) is 1.36. The van der Waals surface area contributed by atoms with Gasteiger partial charge in [0.05, 0.1) is 0 Å². The van der Waals surface area contributed by atoms with E-state index in [0.717, 1.165) is 38.6 Å². The number of carbonyl (C=O) groups excluding carboxylic acids is 1. The van der Waals surface area contributed by atoms with Crippen molar-refractivity contribution >= 4 is 5.91 Å². The van der Waals surface area contributed by atoms with Crippen LogP contribution in [0.3, 0.4) is 0 Å². The Morgan fingerprint density at radius 3 is 2.92 bits per heavy atom. The lowest BCUT2D eigenvalue weighted by Gasteiger charge is -2.35. The van der Waals surface area contributed by atoms with Crippen molar-refractivity contribution in [3.05, 3.63) is 47.7 Å². The number of hydrogen-bond donors (Lipinski definition) is 0. The molecule has 134 valence electrons.